The van der Waals surface area contributed by atoms with Gasteiger partial charge in [-0.05, 0) is 61.8 Å². The summed E-state index contributed by atoms with van der Waals surface area (Å²) >= 11 is 1.84. The van der Waals surface area contributed by atoms with E-state index in [9.17, 15) is 0 Å². The summed E-state index contributed by atoms with van der Waals surface area (Å²) in [6, 6.07) is 6.35. The first-order chi connectivity index (χ1) is 10.2. The second-order valence-electron chi connectivity index (χ2n) is 6.21. The molecule has 1 aromatic carbocycles. The van der Waals surface area contributed by atoms with E-state index >= 15 is 0 Å². The van der Waals surface area contributed by atoms with E-state index in [0.717, 1.165) is 36.4 Å². The van der Waals surface area contributed by atoms with Crippen molar-refractivity contribution in [1.29, 1.82) is 0 Å². The quantitative estimate of drug-likeness (QED) is 0.927. The normalized spacial score (nSPS) is 23.7. The lowest BCUT2D eigenvalue weighted by Gasteiger charge is -2.33. The van der Waals surface area contributed by atoms with E-state index in [1.54, 1.807) is 7.11 Å². The molecule has 0 radical (unpaired) electrons. The van der Waals surface area contributed by atoms with E-state index in [1.165, 1.54) is 34.5 Å². The predicted molar refractivity (Wildman–Crippen MR) is 85.0 cm³/mol. The monoisotopic (exact) mass is 300 g/mol. The number of ether oxygens (including phenoxy) is 1. The Balaban J connectivity index is 1.69. The number of methoxy groups -OCH3 is 1. The van der Waals surface area contributed by atoms with Gasteiger partial charge in [0.15, 0.2) is 0 Å². The number of hydrogen-bond acceptors (Lipinski definition) is 4. The molecular weight excluding hydrogens is 280 g/mol. The Kier molecular flexibility index (Phi) is 3.05. The molecule has 1 atom stereocenters. The van der Waals surface area contributed by atoms with Crippen LogP contribution < -0.4 is 10.5 Å². The lowest BCUT2D eigenvalue weighted by Crippen LogP contribution is -2.42. The summed E-state index contributed by atoms with van der Waals surface area (Å²) in [6.45, 7) is 0. The molecular formula is C17H20N2OS. The van der Waals surface area contributed by atoms with E-state index in [0.29, 0.717) is 0 Å². The fraction of sp³-hybridized carbons (Fsp3) is 0.471. The molecule has 0 saturated heterocycles. The number of aryl methyl sites for hydroxylation is 3. The summed E-state index contributed by atoms with van der Waals surface area (Å²) in [7, 11) is 1.71. The summed E-state index contributed by atoms with van der Waals surface area (Å²) in [5, 5.41) is 1.14. The highest BCUT2D eigenvalue weighted by atomic mass is 32.1. The van der Waals surface area contributed by atoms with Crippen LogP contribution in [0.3, 0.4) is 0 Å². The van der Waals surface area contributed by atoms with Gasteiger partial charge in [-0.3, -0.25) is 0 Å². The van der Waals surface area contributed by atoms with Gasteiger partial charge in [0.25, 0.3) is 0 Å². The van der Waals surface area contributed by atoms with Crippen molar-refractivity contribution >= 4 is 11.3 Å². The van der Waals surface area contributed by atoms with Gasteiger partial charge in [0.05, 0.1) is 18.3 Å². The number of benzene rings is 1. The van der Waals surface area contributed by atoms with Crippen LogP contribution in [0.4, 0.5) is 0 Å². The largest absolute Gasteiger partial charge is 0.497 e. The molecule has 3 nitrogen and oxygen atoms in total. The number of hydrogen-bond donors (Lipinski definition) is 1. The van der Waals surface area contributed by atoms with E-state index < -0.39 is 0 Å². The molecule has 2 aromatic rings. The topological polar surface area (TPSA) is 48.1 Å². The maximum absolute atomic E-state index is 6.75. The van der Waals surface area contributed by atoms with Gasteiger partial charge in [0, 0.05) is 4.88 Å². The average Bonchev–Trinajstić information content (AvgIpc) is 3.08. The Morgan fingerprint density at radius 2 is 2.14 bits per heavy atom. The average molecular weight is 300 g/mol. The molecule has 2 aliphatic rings. The number of nitrogens with zero attached hydrogens (tertiary/aromatic N) is 1. The third-order valence-electron chi connectivity index (χ3n) is 4.78. The van der Waals surface area contributed by atoms with Gasteiger partial charge in [-0.25, -0.2) is 4.98 Å². The first kappa shape index (κ1) is 13.3. The molecule has 0 amide bonds. The molecule has 1 unspecified atom stereocenters. The van der Waals surface area contributed by atoms with E-state index in [-0.39, 0.29) is 5.54 Å². The summed E-state index contributed by atoms with van der Waals surface area (Å²) in [4.78, 5) is 6.33. The lowest BCUT2D eigenvalue weighted by atomic mass is 9.79. The molecule has 110 valence electrons. The van der Waals surface area contributed by atoms with E-state index in [4.69, 9.17) is 15.5 Å². The Bertz CT molecular complexity index is 673. The molecule has 0 bridgehead atoms. The Hall–Kier alpha value is -1.39. The SMILES string of the molecule is COc1ccc2c(c1)CC(N)(c1nc3c(s1)CCC3)CC2. The van der Waals surface area contributed by atoms with Gasteiger partial charge in [0.1, 0.15) is 10.8 Å². The molecule has 1 aromatic heterocycles. The van der Waals surface area contributed by atoms with Crippen LogP contribution in [0.1, 0.15) is 39.5 Å². The fourth-order valence-electron chi connectivity index (χ4n) is 3.51. The van der Waals surface area contributed by atoms with Crippen LogP contribution in [0.5, 0.6) is 5.75 Å². The number of thiazole rings is 1. The van der Waals surface area contributed by atoms with Crippen molar-refractivity contribution < 1.29 is 4.74 Å². The molecule has 2 N–H and O–H groups in total. The maximum atomic E-state index is 6.75. The maximum Gasteiger partial charge on any atom is 0.119 e. The zero-order valence-electron chi connectivity index (χ0n) is 12.3. The van der Waals surface area contributed by atoms with Crippen molar-refractivity contribution in [1.82, 2.24) is 4.98 Å². The highest BCUT2D eigenvalue weighted by molar-refractivity contribution is 7.12. The molecule has 4 rings (SSSR count). The summed E-state index contributed by atoms with van der Waals surface area (Å²) in [5.41, 5.74) is 10.5. The Morgan fingerprint density at radius 1 is 1.24 bits per heavy atom. The zero-order valence-corrected chi connectivity index (χ0v) is 13.1. The molecule has 0 aliphatic heterocycles. The van der Waals surface area contributed by atoms with Gasteiger partial charge in [0.2, 0.25) is 0 Å². The minimum absolute atomic E-state index is 0.297. The molecule has 0 spiro atoms. The van der Waals surface area contributed by atoms with Gasteiger partial charge in [-0.2, -0.15) is 0 Å². The minimum atomic E-state index is -0.297. The van der Waals surface area contributed by atoms with Crippen molar-refractivity contribution in [3.63, 3.8) is 0 Å². The lowest BCUT2D eigenvalue weighted by molar-refractivity contribution is 0.378. The van der Waals surface area contributed by atoms with E-state index in [2.05, 4.69) is 12.1 Å². The van der Waals surface area contributed by atoms with Crippen LogP contribution in [-0.4, -0.2) is 12.1 Å². The Morgan fingerprint density at radius 3 is 2.95 bits per heavy atom. The van der Waals surface area contributed by atoms with Crippen LogP contribution >= 0.6 is 11.3 Å². The van der Waals surface area contributed by atoms with Crippen molar-refractivity contribution in [2.24, 2.45) is 5.73 Å². The van der Waals surface area contributed by atoms with Gasteiger partial charge in [-0.1, -0.05) is 6.07 Å². The van der Waals surface area contributed by atoms with Crippen molar-refractivity contribution in [3.8, 4) is 5.75 Å². The highest BCUT2D eigenvalue weighted by Gasteiger charge is 2.36. The molecule has 2 aliphatic carbocycles. The summed E-state index contributed by atoms with van der Waals surface area (Å²) < 4.78 is 5.35. The number of rotatable bonds is 2. The molecule has 0 saturated carbocycles. The third kappa shape index (κ3) is 2.17. The first-order valence-electron chi connectivity index (χ1n) is 7.62. The van der Waals surface area contributed by atoms with Gasteiger partial charge >= 0.3 is 0 Å². The molecule has 4 heteroatoms. The standard InChI is InChI=1S/C17H20N2OS/c1-20-13-6-5-11-7-8-17(18,10-12(11)9-13)16-19-14-3-2-4-15(14)21-16/h5-6,9H,2-4,7-8,10,18H2,1H3. The first-order valence-corrected chi connectivity index (χ1v) is 8.43. The second kappa shape index (κ2) is 4.82. The minimum Gasteiger partial charge on any atom is -0.497 e. The number of aromatic nitrogens is 1. The van der Waals surface area contributed by atoms with Gasteiger partial charge < -0.3 is 10.5 Å². The predicted octanol–water partition coefficient (Wildman–Crippen LogP) is 2.98. The fourth-order valence-corrected chi connectivity index (χ4v) is 4.79. The zero-order chi connectivity index (χ0) is 14.4. The molecule has 21 heavy (non-hydrogen) atoms. The van der Waals surface area contributed by atoms with Gasteiger partial charge in [-0.15, -0.1) is 11.3 Å². The van der Waals surface area contributed by atoms with E-state index in [1.807, 2.05) is 17.4 Å². The second-order valence-corrected chi connectivity index (χ2v) is 7.29. The van der Waals surface area contributed by atoms with Crippen LogP contribution in [0, 0.1) is 0 Å². The smallest absolute Gasteiger partial charge is 0.119 e. The van der Waals surface area contributed by atoms with Crippen molar-refractivity contribution in [3.05, 3.63) is 44.9 Å². The van der Waals surface area contributed by atoms with Crippen LogP contribution in [0.2, 0.25) is 0 Å². The highest BCUT2D eigenvalue weighted by Crippen LogP contribution is 2.40. The van der Waals surface area contributed by atoms with Crippen LogP contribution in [-0.2, 0) is 31.2 Å². The van der Waals surface area contributed by atoms with Crippen LogP contribution in [0.25, 0.3) is 0 Å². The number of fused-ring (bicyclic) bond motifs is 2. The van der Waals surface area contributed by atoms with Crippen molar-refractivity contribution in [2.45, 2.75) is 44.1 Å². The number of nitrogens with two attached hydrogens (primary N) is 1. The summed E-state index contributed by atoms with van der Waals surface area (Å²) in [5.74, 6) is 0.916. The molecule has 0 fully saturated rings. The van der Waals surface area contributed by atoms with Crippen molar-refractivity contribution in [2.75, 3.05) is 7.11 Å². The molecule has 1 heterocycles. The summed E-state index contributed by atoms with van der Waals surface area (Å²) in [6.07, 6.45) is 6.45. The Labute approximate surface area is 129 Å². The van der Waals surface area contributed by atoms with Crippen LogP contribution in [0.15, 0.2) is 18.2 Å². The third-order valence-corrected chi connectivity index (χ3v) is 6.16.